The molecular weight excluding hydrogens is 248 g/mol. The number of hydrogen-bond acceptors (Lipinski definition) is 4. The highest BCUT2D eigenvalue weighted by molar-refractivity contribution is 5.73. The molecule has 0 aliphatic rings. The maximum Gasteiger partial charge on any atom is 0.0890 e. The van der Waals surface area contributed by atoms with Gasteiger partial charge in [0.1, 0.15) is 0 Å². The largest absolute Gasteiger partial charge is 0.305 e. The lowest BCUT2D eigenvalue weighted by molar-refractivity contribution is 0.567. The summed E-state index contributed by atoms with van der Waals surface area (Å²) in [6, 6.07) is 12.2. The maximum atomic E-state index is 4.60. The fourth-order valence-electron chi connectivity index (χ4n) is 2.11. The van der Waals surface area contributed by atoms with Crippen molar-refractivity contribution in [3.63, 3.8) is 0 Å². The van der Waals surface area contributed by atoms with E-state index in [0.29, 0.717) is 6.54 Å². The zero-order valence-corrected chi connectivity index (χ0v) is 11.3. The fraction of sp³-hybridized carbons (Fsp3) is 0.188. The quantitative estimate of drug-likeness (QED) is 0.787. The van der Waals surface area contributed by atoms with E-state index in [0.717, 1.165) is 16.7 Å². The van der Waals surface area contributed by atoms with Crippen LogP contribution in [0.5, 0.6) is 0 Å². The molecule has 0 unspecified atom stereocenters. The minimum Gasteiger partial charge on any atom is -0.305 e. The van der Waals surface area contributed by atoms with E-state index < -0.39 is 0 Å². The zero-order valence-electron chi connectivity index (χ0n) is 11.3. The highest BCUT2D eigenvalue weighted by Gasteiger charge is 2.05. The van der Waals surface area contributed by atoms with Crippen molar-refractivity contribution in [1.82, 2.24) is 20.3 Å². The molecule has 0 amide bonds. The van der Waals surface area contributed by atoms with Crippen molar-refractivity contribution >= 4 is 11.0 Å². The van der Waals surface area contributed by atoms with E-state index in [2.05, 4.69) is 27.2 Å². The molecule has 20 heavy (non-hydrogen) atoms. The molecule has 0 spiro atoms. The summed E-state index contributed by atoms with van der Waals surface area (Å²) in [6.45, 7) is 2.82. The van der Waals surface area contributed by atoms with Crippen LogP contribution < -0.4 is 5.32 Å². The number of benzene rings is 1. The molecule has 1 N–H and O–H groups in total. The second-order valence-corrected chi connectivity index (χ2v) is 4.73. The summed E-state index contributed by atoms with van der Waals surface area (Å²) in [6.07, 6.45) is 5.45. The Balaban J connectivity index is 1.70. The Hall–Kier alpha value is -2.33. The summed E-state index contributed by atoms with van der Waals surface area (Å²) in [5.41, 5.74) is 4.03. The van der Waals surface area contributed by atoms with Crippen molar-refractivity contribution in [2.24, 2.45) is 0 Å². The van der Waals surface area contributed by atoms with Crippen LogP contribution >= 0.6 is 0 Å². The summed E-state index contributed by atoms with van der Waals surface area (Å²) >= 11 is 0. The lowest BCUT2D eigenvalue weighted by Gasteiger charge is -2.13. The van der Waals surface area contributed by atoms with Crippen molar-refractivity contribution in [3.05, 3.63) is 66.2 Å². The molecule has 2 aromatic heterocycles. The molecular formula is C16H16N4. The standard InChI is InChI=1S/C16H16N4/c1-12(13-6-8-17-9-7-13)18-10-14-11-19-15-4-2-3-5-16(15)20-14/h2-9,11-12,18H,10H2,1H3/t12-/m1/s1. The molecule has 0 saturated heterocycles. The summed E-state index contributed by atoms with van der Waals surface area (Å²) in [4.78, 5) is 13.1. The van der Waals surface area contributed by atoms with Gasteiger partial charge in [0, 0.05) is 25.0 Å². The van der Waals surface area contributed by atoms with Crippen molar-refractivity contribution in [2.75, 3.05) is 0 Å². The Morgan fingerprint density at radius 1 is 1.05 bits per heavy atom. The number of rotatable bonds is 4. The number of nitrogens with one attached hydrogen (secondary N) is 1. The van der Waals surface area contributed by atoms with Gasteiger partial charge in [-0.05, 0) is 36.8 Å². The van der Waals surface area contributed by atoms with E-state index in [4.69, 9.17) is 0 Å². The van der Waals surface area contributed by atoms with E-state index in [9.17, 15) is 0 Å². The predicted octanol–water partition coefficient (Wildman–Crippen LogP) is 2.88. The second-order valence-electron chi connectivity index (χ2n) is 4.73. The number of para-hydroxylation sites is 2. The molecule has 0 saturated carbocycles. The summed E-state index contributed by atoms with van der Waals surface area (Å²) in [5.74, 6) is 0. The molecule has 4 nitrogen and oxygen atoms in total. The van der Waals surface area contributed by atoms with Gasteiger partial charge in [-0.25, -0.2) is 4.98 Å². The van der Waals surface area contributed by atoms with E-state index in [1.807, 2.05) is 55.0 Å². The van der Waals surface area contributed by atoms with Gasteiger partial charge in [0.25, 0.3) is 0 Å². The molecule has 3 aromatic rings. The first-order chi connectivity index (χ1) is 9.83. The molecule has 1 atom stereocenters. The first kappa shape index (κ1) is 12.7. The first-order valence-corrected chi connectivity index (χ1v) is 6.67. The number of aromatic nitrogens is 3. The minimum atomic E-state index is 0.256. The SMILES string of the molecule is C[C@@H](NCc1cnc2ccccc2n1)c1ccncc1. The molecule has 0 aliphatic carbocycles. The Morgan fingerprint density at radius 2 is 1.80 bits per heavy atom. The third kappa shape index (κ3) is 2.81. The maximum absolute atomic E-state index is 4.60. The molecule has 0 fully saturated rings. The number of pyridine rings is 1. The second kappa shape index (κ2) is 5.75. The van der Waals surface area contributed by atoms with Crippen LogP contribution in [-0.2, 0) is 6.54 Å². The third-order valence-electron chi connectivity index (χ3n) is 3.29. The summed E-state index contributed by atoms with van der Waals surface area (Å²) in [7, 11) is 0. The van der Waals surface area contributed by atoms with Gasteiger partial charge in [-0.3, -0.25) is 9.97 Å². The Bertz CT molecular complexity index is 697. The van der Waals surface area contributed by atoms with Crippen LogP contribution in [0.1, 0.15) is 24.2 Å². The zero-order chi connectivity index (χ0) is 13.8. The fourth-order valence-corrected chi connectivity index (χ4v) is 2.11. The topological polar surface area (TPSA) is 50.7 Å². The van der Waals surface area contributed by atoms with Crippen LogP contribution in [0.25, 0.3) is 11.0 Å². The Kier molecular flexibility index (Phi) is 3.65. The smallest absolute Gasteiger partial charge is 0.0890 e. The predicted molar refractivity (Wildman–Crippen MR) is 79.0 cm³/mol. The lowest BCUT2D eigenvalue weighted by atomic mass is 10.1. The third-order valence-corrected chi connectivity index (χ3v) is 3.29. The molecule has 0 aliphatic heterocycles. The molecule has 1 aromatic carbocycles. The average Bonchev–Trinajstić information content (AvgIpc) is 2.53. The monoisotopic (exact) mass is 264 g/mol. The lowest BCUT2D eigenvalue weighted by Crippen LogP contribution is -2.18. The first-order valence-electron chi connectivity index (χ1n) is 6.67. The Labute approximate surface area is 117 Å². The number of hydrogen-bond donors (Lipinski definition) is 1. The summed E-state index contributed by atoms with van der Waals surface area (Å²) < 4.78 is 0. The molecule has 4 heteroatoms. The number of fused-ring (bicyclic) bond motifs is 1. The van der Waals surface area contributed by atoms with Crippen molar-refractivity contribution in [3.8, 4) is 0 Å². The van der Waals surface area contributed by atoms with Crippen LogP contribution in [0, 0.1) is 0 Å². The Morgan fingerprint density at radius 3 is 2.60 bits per heavy atom. The van der Waals surface area contributed by atoms with Crippen LogP contribution in [0.15, 0.2) is 55.0 Å². The van der Waals surface area contributed by atoms with Gasteiger partial charge in [0.05, 0.1) is 22.9 Å². The van der Waals surface area contributed by atoms with Crippen LogP contribution in [-0.4, -0.2) is 15.0 Å². The molecule has 0 bridgehead atoms. The average molecular weight is 264 g/mol. The van der Waals surface area contributed by atoms with E-state index in [1.54, 1.807) is 0 Å². The van der Waals surface area contributed by atoms with Crippen LogP contribution in [0.3, 0.4) is 0 Å². The van der Waals surface area contributed by atoms with Gasteiger partial charge < -0.3 is 5.32 Å². The van der Waals surface area contributed by atoms with E-state index in [1.165, 1.54) is 5.56 Å². The molecule has 2 heterocycles. The molecule has 100 valence electrons. The van der Waals surface area contributed by atoms with Crippen molar-refractivity contribution < 1.29 is 0 Å². The molecule has 0 radical (unpaired) electrons. The van der Waals surface area contributed by atoms with Gasteiger partial charge in [-0.1, -0.05) is 12.1 Å². The highest BCUT2D eigenvalue weighted by atomic mass is 14.9. The van der Waals surface area contributed by atoms with Crippen LogP contribution in [0.2, 0.25) is 0 Å². The highest BCUT2D eigenvalue weighted by Crippen LogP contribution is 2.12. The van der Waals surface area contributed by atoms with Gasteiger partial charge in [0.15, 0.2) is 0 Å². The number of nitrogens with zero attached hydrogens (tertiary/aromatic N) is 3. The van der Waals surface area contributed by atoms with Crippen molar-refractivity contribution in [2.45, 2.75) is 19.5 Å². The summed E-state index contributed by atoms with van der Waals surface area (Å²) in [5, 5.41) is 3.45. The van der Waals surface area contributed by atoms with Gasteiger partial charge in [-0.15, -0.1) is 0 Å². The van der Waals surface area contributed by atoms with Gasteiger partial charge in [-0.2, -0.15) is 0 Å². The van der Waals surface area contributed by atoms with Gasteiger partial charge in [0.2, 0.25) is 0 Å². The van der Waals surface area contributed by atoms with E-state index >= 15 is 0 Å². The normalized spacial score (nSPS) is 12.4. The van der Waals surface area contributed by atoms with E-state index in [-0.39, 0.29) is 6.04 Å². The van der Waals surface area contributed by atoms with Crippen molar-refractivity contribution in [1.29, 1.82) is 0 Å². The molecule has 3 rings (SSSR count). The van der Waals surface area contributed by atoms with Gasteiger partial charge >= 0.3 is 0 Å². The minimum absolute atomic E-state index is 0.256. The van der Waals surface area contributed by atoms with Crippen LogP contribution in [0.4, 0.5) is 0 Å².